The van der Waals surface area contributed by atoms with Gasteiger partial charge in [0, 0.05) is 12.5 Å². The van der Waals surface area contributed by atoms with Crippen molar-refractivity contribution in [3.05, 3.63) is 29.8 Å². The normalized spacial score (nSPS) is 36.5. The van der Waals surface area contributed by atoms with E-state index >= 15 is 0 Å². The summed E-state index contributed by atoms with van der Waals surface area (Å²) < 4.78 is 0. The molecule has 0 saturated heterocycles. The highest BCUT2D eigenvalue weighted by Crippen LogP contribution is 2.54. The lowest BCUT2D eigenvalue weighted by atomic mass is 9.66. The van der Waals surface area contributed by atoms with Crippen LogP contribution in [0.5, 0.6) is 5.75 Å². The standard InChI is InChI=1S/C17H25NO2/c1-18(2)11-16-13-7-6-12(8-13)10-17(16,20)14-4-3-5-15(19)9-14/h3-5,9,12-13,16,19-20H,6-8,10-11H2,1-2H3/t12?,13?,16-,17-/m0/s1. The molecule has 3 rings (SSSR count). The Kier molecular flexibility index (Phi) is 3.51. The van der Waals surface area contributed by atoms with Gasteiger partial charge in [-0.2, -0.15) is 0 Å². The number of benzene rings is 1. The number of phenolic OH excluding ortho intramolecular Hbond substituents is 1. The monoisotopic (exact) mass is 275 g/mol. The molecule has 20 heavy (non-hydrogen) atoms. The van der Waals surface area contributed by atoms with E-state index in [-0.39, 0.29) is 11.7 Å². The molecular weight excluding hydrogens is 250 g/mol. The summed E-state index contributed by atoms with van der Waals surface area (Å²) in [6.07, 6.45) is 4.59. The van der Waals surface area contributed by atoms with Crippen LogP contribution >= 0.6 is 0 Å². The Morgan fingerprint density at radius 3 is 2.80 bits per heavy atom. The van der Waals surface area contributed by atoms with Crippen molar-refractivity contribution in [2.24, 2.45) is 17.8 Å². The Bertz CT molecular complexity index is 488. The van der Waals surface area contributed by atoms with Crippen molar-refractivity contribution in [1.29, 1.82) is 0 Å². The first-order chi connectivity index (χ1) is 9.49. The molecule has 2 bridgehead atoms. The van der Waals surface area contributed by atoms with Gasteiger partial charge in [0.05, 0.1) is 5.60 Å². The maximum atomic E-state index is 11.4. The Balaban J connectivity index is 1.98. The number of fused-ring (bicyclic) bond motifs is 2. The molecule has 2 aliphatic rings. The lowest BCUT2D eigenvalue weighted by Gasteiger charge is -2.45. The minimum atomic E-state index is -0.785. The average molecular weight is 275 g/mol. The van der Waals surface area contributed by atoms with E-state index in [0.29, 0.717) is 11.8 Å². The quantitative estimate of drug-likeness (QED) is 0.891. The lowest BCUT2D eigenvalue weighted by molar-refractivity contribution is -0.0892. The van der Waals surface area contributed by atoms with Gasteiger partial charge < -0.3 is 15.1 Å². The average Bonchev–Trinajstić information content (AvgIpc) is 2.78. The van der Waals surface area contributed by atoms with E-state index in [4.69, 9.17) is 0 Å². The van der Waals surface area contributed by atoms with Gasteiger partial charge >= 0.3 is 0 Å². The highest BCUT2D eigenvalue weighted by molar-refractivity contribution is 5.33. The highest BCUT2D eigenvalue weighted by Gasteiger charge is 2.51. The lowest BCUT2D eigenvalue weighted by Crippen LogP contribution is -2.47. The zero-order valence-corrected chi connectivity index (χ0v) is 12.4. The molecular formula is C17H25NO2. The molecule has 2 aliphatic carbocycles. The summed E-state index contributed by atoms with van der Waals surface area (Å²) in [7, 11) is 4.15. The van der Waals surface area contributed by atoms with Crippen molar-refractivity contribution in [1.82, 2.24) is 4.90 Å². The summed E-state index contributed by atoms with van der Waals surface area (Å²) in [6.45, 7) is 0.906. The van der Waals surface area contributed by atoms with E-state index in [1.54, 1.807) is 12.1 Å². The van der Waals surface area contributed by atoms with Gasteiger partial charge in [-0.3, -0.25) is 0 Å². The van der Waals surface area contributed by atoms with Gasteiger partial charge in [-0.25, -0.2) is 0 Å². The van der Waals surface area contributed by atoms with Crippen LogP contribution in [-0.4, -0.2) is 35.8 Å². The largest absolute Gasteiger partial charge is 0.508 e. The molecule has 2 N–H and O–H groups in total. The molecule has 1 aromatic rings. The third kappa shape index (κ3) is 2.33. The zero-order valence-electron chi connectivity index (χ0n) is 12.4. The first-order valence-corrected chi connectivity index (χ1v) is 7.65. The summed E-state index contributed by atoms with van der Waals surface area (Å²) in [6, 6.07) is 7.22. The summed E-state index contributed by atoms with van der Waals surface area (Å²) >= 11 is 0. The Morgan fingerprint density at radius 1 is 1.30 bits per heavy atom. The molecule has 3 nitrogen and oxygen atoms in total. The second kappa shape index (κ2) is 5.05. The maximum absolute atomic E-state index is 11.4. The minimum absolute atomic E-state index is 0.248. The van der Waals surface area contributed by atoms with Gasteiger partial charge in [-0.15, -0.1) is 0 Å². The smallest absolute Gasteiger partial charge is 0.115 e. The van der Waals surface area contributed by atoms with E-state index in [1.165, 1.54) is 19.3 Å². The summed E-state index contributed by atoms with van der Waals surface area (Å²) in [5.74, 6) is 1.77. The van der Waals surface area contributed by atoms with Crippen molar-refractivity contribution in [2.45, 2.75) is 31.3 Å². The van der Waals surface area contributed by atoms with Crippen LogP contribution in [0, 0.1) is 17.8 Å². The molecule has 1 aromatic carbocycles. The molecule has 110 valence electrons. The fraction of sp³-hybridized carbons (Fsp3) is 0.647. The van der Waals surface area contributed by atoms with Crippen LogP contribution in [0.4, 0.5) is 0 Å². The Labute approximate surface area is 121 Å². The number of nitrogens with zero attached hydrogens (tertiary/aromatic N) is 1. The van der Waals surface area contributed by atoms with Crippen molar-refractivity contribution in [3.63, 3.8) is 0 Å². The first kappa shape index (κ1) is 13.9. The Morgan fingerprint density at radius 2 is 2.10 bits per heavy atom. The number of rotatable bonds is 3. The molecule has 2 unspecified atom stereocenters. The topological polar surface area (TPSA) is 43.7 Å². The molecule has 0 spiro atoms. The van der Waals surface area contributed by atoms with Crippen molar-refractivity contribution < 1.29 is 10.2 Å². The molecule has 4 atom stereocenters. The molecule has 0 amide bonds. The van der Waals surface area contributed by atoms with E-state index in [1.807, 2.05) is 12.1 Å². The van der Waals surface area contributed by atoms with Crippen LogP contribution in [0.3, 0.4) is 0 Å². The third-order valence-electron chi connectivity index (χ3n) is 5.27. The summed E-state index contributed by atoms with van der Waals surface area (Å²) in [4.78, 5) is 2.18. The number of phenols is 1. The van der Waals surface area contributed by atoms with Crippen LogP contribution in [0.2, 0.25) is 0 Å². The molecule has 0 heterocycles. The second-order valence-corrected chi connectivity index (χ2v) is 6.99. The predicted molar refractivity (Wildman–Crippen MR) is 79.5 cm³/mol. The van der Waals surface area contributed by atoms with Crippen LogP contribution in [-0.2, 0) is 5.60 Å². The first-order valence-electron chi connectivity index (χ1n) is 7.65. The minimum Gasteiger partial charge on any atom is -0.508 e. The fourth-order valence-electron chi connectivity index (χ4n) is 4.45. The van der Waals surface area contributed by atoms with E-state index in [2.05, 4.69) is 19.0 Å². The number of aromatic hydroxyl groups is 1. The summed E-state index contributed by atoms with van der Waals surface area (Å²) in [5, 5.41) is 21.2. The van der Waals surface area contributed by atoms with Gasteiger partial charge in [-0.05, 0) is 62.9 Å². The number of hydrogen-bond donors (Lipinski definition) is 2. The van der Waals surface area contributed by atoms with Crippen LogP contribution in [0.1, 0.15) is 31.2 Å². The van der Waals surface area contributed by atoms with Crippen LogP contribution in [0.15, 0.2) is 24.3 Å². The highest BCUT2D eigenvalue weighted by atomic mass is 16.3. The van der Waals surface area contributed by atoms with Crippen molar-refractivity contribution in [2.75, 3.05) is 20.6 Å². The molecule has 0 aliphatic heterocycles. The van der Waals surface area contributed by atoms with E-state index in [9.17, 15) is 10.2 Å². The van der Waals surface area contributed by atoms with Gasteiger partial charge in [0.2, 0.25) is 0 Å². The molecule has 3 heteroatoms. The van der Waals surface area contributed by atoms with Gasteiger partial charge in [0.15, 0.2) is 0 Å². The Hall–Kier alpha value is -1.06. The van der Waals surface area contributed by atoms with Crippen molar-refractivity contribution >= 4 is 0 Å². The van der Waals surface area contributed by atoms with Crippen molar-refractivity contribution in [3.8, 4) is 5.75 Å². The van der Waals surface area contributed by atoms with E-state index in [0.717, 1.165) is 18.5 Å². The SMILES string of the molecule is CN(C)C[C@H]1C2CCC(C2)C[C@]1(O)c1cccc(O)c1. The summed E-state index contributed by atoms with van der Waals surface area (Å²) in [5.41, 5.74) is 0.105. The maximum Gasteiger partial charge on any atom is 0.115 e. The predicted octanol–water partition coefficient (Wildman–Crippen LogP) is 2.58. The molecule has 2 saturated carbocycles. The third-order valence-corrected chi connectivity index (χ3v) is 5.27. The van der Waals surface area contributed by atoms with Gasteiger partial charge in [0.1, 0.15) is 5.75 Å². The molecule has 2 fully saturated rings. The van der Waals surface area contributed by atoms with Crippen LogP contribution < -0.4 is 0 Å². The van der Waals surface area contributed by atoms with Gasteiger partial charge in [0.25, 0.3) is 0 Å². The van der Waals surface area contributed by atoms with Crippen LogP contribution in [0.25, 0.3) is 0 Å². The zero-order chi connectivity index (χ0) is 14.3. The molecule has 0 radical (unpaired) electrons. The number of hydrogen-bond acceptors (Lipinski definition) is 3. The fourth-order valence-corrected chi connectivity index (χ4v) is 4.45. The van der Waals surface area contributed by atoms with E-state index < -0.39 is 5.60 Å². The second-order valence-electron chi connectivity index (χ2n) is 6.99. The molecule has 0 aromatic heterocycles. The van der Waals surface area contributed by atoms with Gasteiger partial charge in [-0.1, -0.05) is 18.6 Å². The number of aliphatic hydroxyl groups is 1.